The first-order chi connectivity index (χ1) is 4.79. The molecule has 1 aromatic heterocycles. The van der Waals surface area contributed by atoms with Crippen LogP contribution in [0.2, 0.25) is 0 Å². The smallest absolute Gasteiger partial charge is 0.152 e. The highest BCUT2D eigenvalue weighted by atomic mass is 79.9. The number of aromatic nitrogens is 3. The molecule has 5 heteroatoms. The fraction of sp³-hybridized carbons (Fsp3) is 0.600. The summed E-state index contributed by atoms with van der Waals surface area (Å²) in [6.45, 7) is 2.80. The van der Waals surface area contributed by atoms with Gasteiger partial charge in [0, 0.05) is 6.54 Å². The third-order valence-electron chi connectivity index (χ3n) is 1.22. The van der Waals surface area contributed by atoms with Gasteiger partial charge in [0.2, 0.25) is 0 Å². The molecular weight excluding hydrogens is 217 g/mol. The Labute approximate surface area is 72.5 Å². The van der Waals surface area contributed by atoms with Crippen molar-refractivity contribution in [2.24, 2.45) is 0 Å². The predicted molar refractivity (Wildman–Crippen MR) is 43.0 cm³/mol. The monoisotopic (exact) mass is 223 g/mol. The molecule has 0 spiro atoms. The molecule has 0 saturated carbocycles. The summed E-state index contributed by atoms with van der Waals surface area (Å²) in [6, 6.07) is 0. The van der Waals surface area contributed by atoms with Crippen LogP contribution >= 0.6 is 27.5 Å². The standard InChI is InChI=1S/C5H7BrClN3/c1-2-10-4(3-7)5(6)8-9-10/h2-3H2,1H3. The predicted octanol–water partition coefficient (Wildman–Crippen LogP) is 1.80. The highest BCUT2D eigenvalue weighted by Gasteiger charge is 2.06. The summed E-state index contributed by atoms with van der Waals surface area (Å²) in [4.78, 5) is 0. The highest BCUT2D eigenvalue weighted by molar-refractivity contribution is 9.10. The van der Waals surface area contributed by atoms with E-state index in [1.807, 2.05) is 6.92 Å². The van der Waals surface area contributed by atoms with E-state index in [0.717, 1.165) is 16.8 Å². The Morgan fingerprint density at radius 2 is 2.40 bits per heavy atom. The lowest BCUT2D eigenvalue weighted by atomic mass is 10.5. The quantitative estimate of drug-likeness (QED) is 0.717. The molecule has 0 unspecified atom stereocenters. The second-order valence-corrected chi connectivity index (χ2v) is 2.79. The Balaban J connectivity index is 3.01. The maximum absolute atomic E-state index is 5.63. The van der Waals surface area contributed by atoms with Crippen LogP contribution in [0, 0.1) is 0 Å². The number of alkyl halides is 1. The minimum Gasteiger partial charge on any atom is -0.247 e. The lowest BCUT2D eigenvalue weighted by molar-refractivity contribution is 0.608. The summed E-state index contributed by atoms with van der Waals surface area (Å²) in [5.74, 6) is 0.446. The van der Waals surface area contributed by atoms with Crippen molar-refractivity contribution in [2.75, 3.05) is 0 Å². The Kier molecular flexibility index (Phi) is 2.68. The number of hydrogen-bond donors (Lipinski definition) is 0. The molecule has 0 amide bonds. The molecule has 0 saturated heterocycles. The van der Waals surface area contributed by atoms with Crippen molar-refractivity contribution in [1.29, 1.82) is 0 Å². The van der Waals surface area contributed by atoms with Crippen molar-refractivity contribution in [2.45, 2.75) is 19.3 Å². The largest absolute Gasteiger partial charge is 0.247 e. The van der Waals surface area contributed by atoms with Crippen LogP contribution in [0.25, 0.3) is 0 Å². The fourth-order valence-corrected chi connectivity index (χ4v) is 1.53. The molecule has 0 aliphatic heterocycles. The third kappa shape index (κ3) is 1.32. The van der Waals surface area contributed by atoms with E-state index in [0.29, 0.717) is 5.88 Å². The maximum atomic E-state index is 5.63. The van der Waals surface area contributed by atoms with Crippen molar-refractivity contribution in [3.8, 4) is 0 Å². The molecule has 1 rings (SSSR count). The zero-order valence-electron chi connectivity index (χ0n) is 5.51. The van der Waals surface area contributed by atoms with Gasteiger partial charge < -0.3 is 0 Å². The van der Waals surface area contributed by atoms with E-state index in [4.69, 9.17) is 11.6 Å². The molecule has 0 radical (unpaired) electrons. The Morgan fingerprint density at radius 3 is 2.80 bits per heavy atom. The van der Waals surface area contributed by atoms with Crippen LogP contribution in [0.15, 0.2) is 4.60 Å². The van der Waals surface area contributed by atoms with Gasteiger partial charge in [0.15, 0.2) is 4.60 Å². The third-order valence-corrected chi connectivity index (χ3v) is 2.09. The molecule has 0 atom stereocenters. The van der Waals surface area contributed by atoms with Crippen LogP contribution in [0.3, 0.4) is 0 Å². The normalized spacial score (nSPS) is 10.3. The summed E-state index contributed by atoms with van der Waals surface area (Å²) >= 11 is 8.87. The minimum atomic E-state index is 0.446. The molecule has 1 aromatic rings. The van der Waals surface area contributed by atoms with Crippen molar-refractivity contribution >= 4 is 27.5 Å². The van der Waals surface area contributed by atoms with Gasteiger partial charge in [0.05, 0.1) is 11.6 Å². The molecule has 0 aromatic carbocycles. The first-order valence-electron chi connectivity index (χ1n) is 2.93. The molecule has 10 heavy (non-hydrogen) atoms. The second kappa shape index (κ2) is 3.34. The van der Waals surface area contributed by atoms with E-state index >= 15 is 0 Å². The van der Waals surface area contributed by atoms with Gasteiger partial charge in [-0.1, -0.05) is 5.21 Å². The topological polar surface area (TPSA) is 30.7 Å². The molecule has 0 aliphatic rings. The van der Waals surface area contributed by atoms with Crippen molar-refractivity contribution in [1.82, 2.24) is 15.0 Å². The average molecular weight is 224 g/mol. The molecular formula is C5H7BrClN3. The number of nitrogens with zero attached hydrogens (tertiary/aromatic N) is 3. The number of hydrogen-bond acceptors (Lipinski definition) is 2. The number of rotatable bonds is 2. The van der Waals surface area contributed by atoms with E-state index in [1.54, 1.807) is 4.68 Å². The Hall–Kier alpha value is -0.0900. The van der Waals surface area contributed by atoms with Crippen molar-refractivity contribution in [3.05, 3.63) is 10.3 Å². The van der Waals surface area contributed by atoms with Gasteiger partial charge in [-0.25, -0.2) is 4.68 Å². The van der Waals surface area contributed by atoms with Crippen LogP contribution in [-0.4, -0.2) is 15.0 Å². The van der Waals surface area contributed by atoms with Crippen LogP contribution < -0.4 is 0 Å². The summed E-state index contributed by atoms with van der Waals surface area (Å²) in [5, 5.41) is 7.64. The summed E-state index contributed by atoms with van der Waals surface area (Å²) in [7, 11) is 0. The molecule has 1 heterocycles. The second-order valence-electron chi connectivity index (χ2n) is 1.78. The maximum Gasteiger partial charge on any atom is 0.152 e. The molecule has 0 aliphatic carbocycles. The van der Waals surface area contributed by atoms with Crippen LogP contribution in [0.5, 0.6) is 0 Å². The molecule has 0 fully saturated rings. The zero-order chi connectivity index (χ0) is 7.56. The van der Waals surface area contributed by atoms with Crippen LogP contribution in [0.1, 0.15) is 12.6 Å². The lowest BCUT2D eigenvalue weighted by Gasteiger charge is -1.96. The molecule has 0 bridgehead atoms. The van der Waals surface area contributed by atoms with Gasteiger partial charge in [0.25, 0.3) is 0 Å². The summed E-state index contributed by atoms with van der Waals surface area (Å²) < 4.78 is 2.50. The van der Waals surface area contributed by atoms with E-state index in [2.05, 4.69) is 26.2 Å². The zero-order valence-corrected chi connectivity index (χ0v) is 7.85. The summed E-state index contributed by atoms with van der Waals surface area (Å²) in [6.07, 6.45) is 0. The molecule has 56 valence electrons. The van der Waals surface area contributed by atoms with Crippen molar-refractivity contribution in [3.63, 3.8) is 0 Å². The number of halogens is 2. The van der Waals surface area contributed by atoms with Gasteiger partial charge in [-0.2, -0.15) is 0 Å². The van der Waals surface area contributed by atoms with Crippen molar-refractivity contribution < 1.29 is 0 Å². The van der Waals surface area contributed by atoms with Gasteiger partial charge in [0.1, 0.15) is 0 Å². The number of aryl methyl sites for hydroxylation is 1. The molecule has 0 N–H and O–H groups in total. The van der Waals surface area contributed by atoms with Crippen LogP contribution in [-0.2, 0) is 12.4 Å². The SMILES string of the molecule is CCn1nnc(Br)c1CCl. The molecule has 3 nitrogen and oxygen atoms in total. The van der Waals surface area contributed by atoms with E-state index in [1.165, 1.54) is 0 Å². The first-order valence-corrected chi connectivity index (χ1v) is 4.26. The van der Waals surface area contributed by atoms with Gasteiger partial charge in [-0.15, -0.1) is 16.7 Å². The lowest BCUT2D eigenvalue weighted by Crippen LogP contribution is -2.00. The fourth-order valence-electron chi connectivity index (χ4n) is 0.690. The van der Waals surface area contributed by atoms with Gasteiger partial charge in [-0.3, -0.25) is 0 Å². The summed E-state index contributed by atoms with van der Waals surface area (Å²) in [5.41, 5.74) is 0.934. The van der Waals surface area contributed by atoms with E-state index < -0.39 is 0 Å². The average Bonchev–Trinajstić information content (AvgIpc) is 2.30. The highest BCUT2D eigenvalue weighted by Crippen LogP contribution is 2.14. The first kappa shape index (κ1) is 8.01. The van der Waals surface area contributed by atoms with E-state index in [9.17, 15) is 0 Å². The van der Waals surface area contributed by atoms with Crippen LogP contribution in [0.4, 0.5) is 0 Å². The Morgan fingerprint density at radius 1 is 1.70 bits per heavy atom. The minimum absolute atomic E-state index is 0.446. The van der Waals surface area contributed by atoms with Gasteiger partial charge >= 0.3 is 0 Å². The van der Waals surface area contributed by atoms with Gasteiger partial charge in [-0.05, 0) is 22.9 Å². The van der Waals surface area contributed by atoms with E-state index in [-0.39, 0.29) is 0 Å². The Bertz CT molecular complexity index is 223.